The molecule has 2 rings (SSSR count). The van der Waals surface area contributed by atoms with E-state index in [9.17, 15) is 0 Å². The van der Waals surface area contributed by atoms with Crippen LogP contribution in [0.4, 0.5) is 0 Å². The molecule has 2 saturated heterocycles. The Morgan fingerprint density at radius 1 is 1.40 bits per heavy atom. The van der Waals surface area contributed by atoms with Crippen molar-refractivity contribution in [1.29, 1.82) is 0 Å². The summed E-state index contributed by atoms with van der Waals surface area (Å²) >= 11 is 0. The van der Waals surface area contributed by atoms with Gasteiger partial charge in [0.25, 0.3) is 0 Å². The molecule has 0 radical (unpaired) electrons. The zero-order valence-electron chi connectivity index (χ0n) is 9.76. The Balaban J connectivity index is 1.54. The van der Waals surface area contributed by atoms with Gasteiger partial charge in [0.05, 0.1) is 12.7 Å². The van der Waals surface area contributed by atoms with E-state index in [0.29, 0.717) is 6.10 Å². The normalized spacial score (nSPS) is 36.2. The van der Waals surface area contributed by atoms with Crippen molar-refractivity contribution in [2.75, 3.05) is 26.4 Å². The Kier molecular flexibility index (Phi) is 4.00. The second-order valence-electron chi connectivity index (χ2n) is 5.07. The predicted molar refractivity (Wildman–Crippen MR) is 60.1 cm³/mol. The van der Waals surface area contributed by atoms with Crippen molar-refractivity contribution in [3.63, 3.8) is 0 Å². The second-order valence-corrected chi connectivity index (χ2v) is 5.07. The number of rotatable bonds is 5. The molecule has 15 heavy (non-hydrogen) atoms. The molecule has 0 aromatic heterocycles. The fraction of sp³-hybridized carbons (Fsp3) is 1.00. The third-order valence-electron chi connectivity index (χ3n) is 3.50. The lowest BCUT2D eigenvalue weighted by Crippen LogP contribution is -2.43. The van der Waals surface area contributed by atoms with Crippen LogP contribution in [-0.2, 0) is 9.47 Å². The van der Waals surface area contributed by atoms with E-state index in [1.807, 2.05) is 0 Å². The van der Waals surface area contributed by atoms with E-state index in [1.54, 1.807) is 0 Å². The topological polar surface area (TPSA) is 30.5 Å². The second kappa shape index (κ2) is 5.28. The first-order valence-corrected chi connectivity index (χ1v) is 6.23. The van der Waals surface area contributed by atoms with Gasteiger partial charge >= 0.3 is 0 Å². The minimum atomic E-state index is 0.233. The van der Waals surface area contributed by atoms with Gasteiger partial charge in [-0.1, -0.05) is 0 Å². The Hall–Kier alpha value is -0.120. The molecule has 2 unspecified atom stereocenters. The monoisotopic (exact) mass is 213 g/mol. The van der Waals surface area contributed by atoms with E-state index in [0.717, 1.165) is 32.8 Å². The lowest BCUT2D eigenvalue weighted by atomic mass is 10.0. The van der Waals surface area contributed by atoms with E-state index in [1.165, 1.54) is 25.7 Å². The first kappa shape index (κ1) is 11.4. The van der Waals surface area contributed by atoms with Crippen molar-refractivity contribution < 1.29 is 9.47 Å². The molecule has 0 aromatic carbocycles. The lowest BCUT2D eigenvalue weighted by molar-refractivity contribution is 0.101. The van der Waals surface area contributed by atoms with E-state index in [4.69, 9.17) is 9.47 Å². The van der Waals surface area contributed by atoms with Crippen molar-refractivity contribution in [3.8, 4) is 0 Å². The molecule has 2 atom stereocenters. The summed E-state index contributed by atoms with van der Waals surface area (Å²) in [5, 5.41) is 3.60. The molecule has 0 bridgehead atoms. The molecule has 3 nitrogen and oxygen atoms in total. The average Bonchev–Trinajstić information content (AvgIpc) is 2.84. The average molecular weight is 213 g/mol. The van der Waals surface area contributed by atoms with Gasteiger partial charge < -0.3 is 14.8 Å². The standard InChI is InChI=1S/C12H23NO2/c1-12(6-9-14-10-12)13-7-2-4-11-5-3-8-15-11/h11,13H,2-10H2,1H3. The van der Waals surface area contributed by atoms with Crippen LogP contribution in [0.5, 0.6) is 0 Å². The summed E-state index contributed by atoms with van der Waals surface area (Å²) in [5.74, 6) is 0. The zero-order chi connectivity index (χ0) is 10.6. The number of hydrogen-bond acceptors (Lipinski definition) is 3. The third-order valence-corrected chi connectivity index (χ3v) is 3.50. The van der Waals surface area contributed by atoms with Crippen LogP contribution in [0.25, 0.3) is 0 Å². The minimum Gasteiger partial charge on any atom is -0.379 e. The molecule has 0 amide bonds. The Bertz CT molecular complexity index is 184. The first-order chi connectivity index (χ1) is 7.29. The van der Waals surface area contributed by atoms with E-state index < -0.39 is 0 Å². The van der Waals surface area contributed by atoms with Crippen LogP contribution in [0, 0.1) is 0 Å². The molecule has 3 heteroatoms. The molecule has 0 spiro atoms. The highest BCUT2D eigenvalue weighted by molar-refractivity contribution is 4.86. The van der Waals surface area contributed by atoms with Gasteiger partial charge in [0.2, 0.25) is 0 Å². The van der Waals surface area contributed by atoms with Crippen LogP contribution in [0.2, 0.25) is 0 Å². The van der Waals surface area contributed by atoms with Crippen molar-refractivity contribution in [2.24, 2.45) is 0 Å². The number of ether oxygens (including phenoxy) is 2. The molecular weight excluding hydrogens is 190 g/mol. The molecule has 88 valence electrons. The fourth-order valence-corrected chi connectivity index (χ4v) is 2.40. The highest BCUT2D eigenvalue weighted by atomic mass is 16.5. The molecule has 2 heterocycles. The summed E-state index contributed by atoms with van der Waals surface area (Å²) < 4.78 is 11.0. The summed E-state index contributed by atoms with van der Waals surface area (Å²) in [6.45, 7) is 6.11. The van der Waals surface area contributed by atoms with Crippen LogP contribution in [0.1, 0.15) is 39.0 Å². The Morgan fingerprint density at radius 3 is 3.00 bits per heavy atom. The van der Waals surface area contributed by atoms with Crippen LogP contribution in [-0.4, -0.2) is 38.0 Å². The molecule has 0 saturated carbocycles. The summed E-state index contributed by atoms with van der Waals surface area (Å²) in [6, 6.07) is 0. The molecule has 2 aliphatic rings. The van der Waals surface area contributed by atoms with Gasteiger partial charge in [0, 0.05) is 18.8 Å². The minimum absolute atomic E-state index is 0.233. The third kappa shape index (κ3) is 3.44. The van der Waals surface area contributed by atoms with Crippen molar-refractivity contribution in [1.82, 2.24) is 5.32 Å². The maximum Gasteiger partial charge on any atom is 0.0646 e. The Labute approximate surface area is 92.5 Å². The van der Waals surface area contributed by atoms with Crippen molar-refractivity contribution in [2.45, 2.75) is 50.7 Å². The van der Waals surface area contributed by atoms with E-state index >= 15 is 0 Å². The van der Waals surface area contributed by atoms with Crippen molar-refractivity contribution in [3.05, 3.63) is 0 Å². The van der Waals surface area contributed by atoms with Crippen molar-refractivity contribution >= 4 is 0 Å². The highest BCUT2D eigenvalue weighted by Crippen LogP contribution is 2.19. The van der Waals surface area contributed by atoms with E-state index in [2.05, 4.69) is 12.2 Å². The molecule has 2 fully saturated rings. The molecular formula is C12H23NO2. The highest BCUT2D eigenvalue weighted by Gasteiger charge is 2.28. The maximum atomic E-state index is 5.60. The molecule has 1 N–H and O–H groups in total. The Morgan fingerprint density at radius 2 is 2.33 bits per heavy atom. The SMILES string of the molecule is CC1(NCCCC2CCCO2)CCOC1. The summed E-state index contributed by atoms with van der Waals surface area (Å²) in [4.78, 5) is 0. The summed E-state index contributed by atoms with van der Waals surface area (Å²) in [7, 11) is 0. The maximum absolute atomic E-state index is 5.60. The molecule has 0 aromatic rings. The van der Waals surface area contributed by atoms with Crippen LogP contribution < -0.4 is 5.32 Å². The quantitative estimate of drug-likeness (QED) is 0.705. The van der Waals surface area contributed by atoms with E-state index in [-0.39, 0.29) is 5.54 Å². The van der Waals surface area contributed by atoms with Gasteiger partial charge in [-0.2, -0.15) is 0 Å². The van der Waals surface area contributed by atoms with Crippen LogP contribution in [0.15, 0.2) is 0 Å². The van der Waals surface area contributed by atoms with Gasteiger partial charge in [-0.15, -0.1) is 0 Å². The lowest BCUT2D eigenvalue weighted by Gasteiger charge is -2.23. The summed E-state index contributed by atoms with van der Waals surface area (Å²) in [5.41, 5.74) is 0.233. The van der Waals surface area contributed by atoms with Crippen LogP contribution in [0.3, 0.4) is 0 Å². The van der Waals surface area contributed by atoms with Gasteiger partial charge in [0.15, 0.2) is 0 Å². The fourth-order valence-electron chi connectivity index (χ4n) is 2.40. The van der Waals surface area contributed by atoms with Gasteiger partial charge in [-0.25, -0.2) is 0 Å². The number of nitrogens with one attached hydrogen (secondary N) is 1. The largest absolute Gasteiger partial charge is 0.379 e. The van der Waals surface area contributed by atoms with Gasteiger partial charge in [0.1, 0.15) is 0 Å². The number of hydrogen-bond donors (Lipinski definition) is 1. The predicted octanol–water partition coefficient (Wildman–Crippen LogP) is 1.71. The molecule has 2 aliphatic heterocycles. The smallest absolute Gasteiger partial charge is 0.0646 e. The zero-order valence-corrected chi connectivity index (χ0v) is 9.76. The summed E-state index contributed by atoms with van der Waals surface area (Å²) in [6.07, 6.45) is 6.64. The van der Waals surface area contributed by atoms with Crippen LogP contribution >= 0.6 is 0 Å². The first-order valence-electron chi connectivity index (χ1n) is 6.23. The molecule has 0 aliphatic carbocycles. The van der Waals surface area contributed by atoms with Gasteiger partial charge in [-0.05, 0) is 45.6 Å². The van der Waals surface area contributed by atoms with Gasteiger partial charge in [-0.3, -0.25) is 0 Å².